The van der Waals surface area contributed by atoms with Gasteiger partial charge in [-0.05, 0) is 24.6 Å². The zero-order chi connectivity index (χ0) is 16.7. The molecule has 0 bridgehead atoms. The second kappa shape index (κ2) is 7.88. The number of halogens is 1. The van der Waals surface area contributed by atoms with Crippen molar-refractivity contribution in [3.63, 3.8) is 0 Å². The van der Waals surface area contributed by atoms with Crippen LogP contribution in [0, 0.1) is 15.9 Å². The second-order valence-electron chi connectivity index (χ2n) is 4.82. The fourth-order valence-corrected chi connectivity index (χ4v) is 2.01. The van der Waals surface area contributed by atoms with Crippen LogP contribution in [0.25, 0.3) is 0 Å². The van der Waals surface area contributed by atoms with Crippen LogP contribution in [0.1, 0.15) is 16.8 Å². The van der Waals surface area contributed by atoms with Crippen LogP contribution < -0.4 is 10.6 Å². The molecule has 0 aliphatic rings. The number of carbonyl (C=O) groups is 1. The maximum atomic E-state index is 13.2. The lowest BCUT2D eigenvalue weighted by Crippen LogP contribution is -2.25. The number of nitrogens with zero attached hydrogens (tertiary/aromatic N) is 1. The van der Waals surface area contributed by atoms with E-state index in [0.717, 1.165) is 18.2 Å². The third-order valence-corrected chi connectivity index (χ3v) is 3.15. The van der Waals surface area contributed by atoms with Gasteiger partial charge in [0.2, 0.25) is 0 Å². The van der Waals surface area contributed by atoms with Crippen LogP contribution in [0.5, 0.6) is 0 Å². The van der Waals surface area contributed by atoms with Crippen LogP contribution >= 0.6 is 0 Å². The van der Waals surface area contributed by atoms with Crippen LogP contribution in [-0.4, -0.2) is 23.9 Å². The summed E-state index contributed by atoms with van der Waals surface area (Å²) in [6.45, 7) is 0.781. The van der Waals surface area contributed by atoms with Crippen molar-refractivity contribution in [2.45, 2.75) is 6.42 Å². The van der Waals surface area contributed by atoms with Crippen molar-refractivity contribution in [2.75, 3.05) is 18.4 Å². The molecule has 2 aromatic rings. The SMILES string of the molecule is O=C(NCCCNc1cc(F)ccc1[N+](=O)[O-])c1ccccc1. The first kappa shape index (κ1) is 16.4. The molecule has 0 aliphatic carbocycles. The van der Waals surface area contributed by atoms with E-state index in [1.807, 2.05) is 6.07 Å². The first-order valence-electron chi connectivity index (χ1n) is 7.09. The molecule has 0 saturated heterocycles. The van der Waals surface area contributed by atoms with E-state index < -0.39 is 10.7 Å². The summed E-state index contributed by atoms with van der Waals surface area (Å²) in [5.74, 6) is -0.724. The summed E-state index contributed by atoms with van der Waals surface area (Å²) in [4.78, 5) is 22.1. The van der Waals surface area contributed by atoms with Gasteiger partial charge in [-0.3, -0.25) is 14.9 Å². The molecule has 7 heteroatoms. The van der Waals surface area contributed by atoms with Crippen molar-refractivity contribution in [2.24, 2.45) is 0 Å². The molecular formula is C16H16FN3O3. The number of nitro groups is 1. The minimum absolute atomic E-state index is 0.129. The molecule has 0 heterocycles. The number of nitrogens with one attached hydrogen (secondary N) is 2. The van der Waals surface area contributed by atoms with E-state index in [1.54, 1.807) is 24.3 Å². The molecule has 6 nitrogen and oxygen atoms in total. The Balaban J connectivity index is 1.79. The van der Waals surface area contributed by atoms with Crippen LogP contribution in [0.2, 0.25) is 0 Å². The van der Waals surface area contributed by atoms with Gasteiger partial charge in [0, 0.05) is 30.8 Å². The molecular weight excluding hydrogens is 301 g/mol. The zero-order valence-electron chi connectivity index (χ0n) is 12.3. The molecule has 2 N–H and O–H groups in total. The summed E-state index contributed by atoms with van der Waals surface area (Å²) in [6.07, 6.45) is 0.548. The van der Waals surface area contributed by atoms with Crippen LogP contribution in [0.3, 0.4) is 0 Å². The Morgan fingerprint density at radius 1 is 1.13 bits per heavy atom. The Hall–Kier alpha value is -2.96. The van der Waals surface area contributed by atoms with Gasteiger partial charge in [-0.1, -0.05) is 18.2 Å². The normalized spacial score (nSPS) is 10.1. The minimum atomic E-state index is -0.570. The number of carbonyl (C=O) groups excluding carboxylic acids is 1. The summed E-state index contributed by atoms with van der Waals surface area (Å²) in [5.41, 5.74) is 0.519. The molecule has 0 unspecified atom stereocenters. The van der Waals surface area contributed by atoms with Crippen LogP contribution in [-0.2, 0) is 0 Å². The third-order valence-electron chi connectivity index (χ3n) is 3.15. The number of benzene rings is 2. The predicted octanol–water partition coefficient (Wildman–Crippen LogP) is 2.97. The maximum absolute atomic E-state index is 13.2. The molecule has 23 heavy (non-hydrogen) atoms. The fourth-order valence-electron chi connectivity index (χ4n) is 2.01. The highest BCUT2D eigenvalue weighted by Gasteiger charge is 2.13. The van der Waals surface area contributed by atoms with Gasteiger partial charge in [0.1, 0.15) is 11.5 Å². The van der Waals surface area contributed by atoms with E-state index in [2.05, 4.69) is 10.6 Å². The standard InChI is InChI=1S/C16H16FN3O3/c17-13-7-8-15(20(22)23)14(11-13)18-9-4-10-19-16(21)12-5-2-1-3-6-12/h1-3,5-8,11,18H,4,9-10H2,(H,19,21). The first-order valence-corrected chi connectivity index (χ1v) is 7.09. The molecule has 0 atom stereocenters. The van der Waals surface area contributed by atoms with Crippen LogP contribution in [0.15, 0.2) is 48.5 Å². The quantitative estimate of drug-likeness (QED) is 0.467. The number of anilines is 1. The summed E-state index contributed by atoms with van der Waals surface area (Å²) >= 11 is 0. The average molecular weight is 317 g/mol. The smallest absolute Gasteiger partial charge is 0.292 e. The maximum Gasteiger partial charge on any atom is 0.292 e. The summed E-state index contributed by atoms with van der Waals surface area (Å²) in [7, 11) is 0. The largest absolute Gasteiger partial charge is 0.379 e. The van der Waals surface area contributed by atoms with Crippen molar-refractivity contribution in [1.29, 1.82) is 0 Å². The van der Waals surface area contributed by atoms with Gasteiger partial charge in [0.05, 0.1) is 4.92 Å². The number of nitro benzene ring substituents is 1. The number of amides is 1. The van der Waals surface area contributed by atoms with Crippen molar-refractivity contribution in [1.82, 2.24) is 5.32 Å². The van der Waals surface area contributed by atoms with Gasteiger partial charge in [-0.15, -0.1) is 0 Å². The highest BCUT2D eigenvalue weighted by atomic mass is 19.1. The molecule has 120 valence electrons. The van der Waals surface area contributed by atoms with Crippen LogP contribution in [0.4, 0.5) is 15.8 Å². The Kier molecular flexibility index (Phi) is 5.62. The van der Waals surface area contributed by atoms with E-state index in [-0.39, 0.29) is 17.3 Å². The summed E-state index contributed by atoms with van der Waals surface area (Å²) in [6, 6.07) is 12.1. The highest BCUT2D eigenvalue weighted by Crippen LogP contribution is 2.24. The minimum Gasteiger partial charge on any atom is -0.379 e. The Morgan fingerprint density at radius 3 is 2.57 bits per heavy atom. The summed E-state index contributed by atoms with van der Waals surface area (Å²) < 4.78 is 13.2. The molecule has 2 rings (SSSR count). The molecule has 0 aliphatic heterocycles. The molecule has 0 aromatic heterocycles. The van der Waals surface area contributed by atoms with E-state index in [1.165, 1.54) is 0 Å². The molecule has 0 fully saturated rings. The molecule has 0 spiro atoms. The lowest BCUT2D eigenvalue weighted by Gasteiger charge is -2.08. The fraction of sp³-hybridized carbons (Fsp3) is 0.188. The van der Waals surface area contributed by atoms with Crippen molar-refractivity contribution >= 4 is 17.3 Å². The molecule has 0 saturated carbocycles. The van der Waals surface area contributed by atoms with Gasteiger partial charge in [-0.25, -0.2) is 4.39 Å². The average Bonchev–Trinajstić information content (AvgIpc) is 2.55. The number of rotatable bonds is 7. The lowest BCUT2D eigenvalue weighted by atomic mass is 10.2. The van der Waals surface area contributed by atoms with E-state index in [9.17, 15) is 19.3 Å². The van der Waals surface area contributed by atoms with Crippen molar-refractivity contribution in [3.05, 3.63) is 70.0 Å². The third kappa shape index (κ3) is 4.77. The monoisotopic (exact) mass is 317 g/mol. The van der Waals surface area contributed by atoms with E-state index in [4.69, 9.17) is 0 Å². The van der Waals surface area contributed by atoms with Gasteiger partial charge < -0.3 is 10.6 Å². The van der Waals surface area contributed by atoms with Gasteiger partial charge in [-0.2, -0.15) is 0 Å². The van der Waals surface area contributed by atoms with E-state index in [0.29, 0.717) is 25.1 Å². The van der Waals surface area contributed by atoms with E-state index >= 15 is 0 Å². The topological polar surface area (TPSA) is 84.3 Å². The van der Waals surface area contributed by atoms with Gasteiger partial charge in [0.25, 0.3) is 11.6 Å². The van der Waals surface area contributed by atoms with Gasteiger partial charge in [0.15, 0.2) is 0 Å². The lowest BCUT2D eigenvalue weighted by molar-refractivity contribution is -0.384. The molecule has 2 aromatic carbocycles. The highest BCUT2D eigenvalue weighted by molar-refractivity contribution is 5.94. The second-order valence-corrected chi connectivity index (χ2v) is 4.82. The van der Waals surface area contributed by atoms with Crippen molar-refractivity contribution in [3.8, 4) is 0 Å². The molecule has 0 radical (unpaired) electrons. The Morgan fingerprint density at radius 2 is 1.87 bits per heavy atom. The Labute approximate surface area is 132 Å². The summed E-state index contributed by atoms with van der Waals surface area (Å²) in [5, 5.41) is 16.4. The van der Waals surface area contributed by atoms with Crippen molar-refractivity contribution < 1.29 is 14.1 Å². The number of hydrogen-bond donors (Lipinski definition) is 2. The van der Waals surface area contributed by atoms with Gasteiger partial charge >= 0.3 is 0 Å². The predicted molar refractivity (Wildman–Crippen MR) is 84.9 cm³/mol. The first-order chi connectivity index (χ1) is 11.1. The zero-order valence-corrected chi connectivity index (χ0v) is 12.3. The number of hydrogen-bond acceptors (Lipinski definition) is 4. The molecule has 1 amide bonds. The Bertz CT molecular complexity index is 692.